The van der Waals surface area contributed by atoms with E-state index < -0.39 is 0 Å². The molecule has 1 aromatic carbocycles. The van der Waals surface area contributed by atoms with Crippen LogP contribution < -0.4 is 10.6 Å². The molecule has 6 heteroatoms. The van der Waals surface area contributed by atoms with Gasteiger partial charge in [0, 0.05) is 37.5 Å². The monoisotopic (exact) mass is 402 g/mol. The number of thiazole rings is 1. The molecule has 2 rings (SSSR count). The lowest BCUT2D eigenvalue weighted by Crippen LogP contribution is -2.38. The first-order chi connectivity index (χ1) is 13.7. The van der Waals surface area contributed by atoms with Gasteiger partial charge in [-0.05, 0) is 45.6 Å². The number of aryl methyl sites for hydroxylation is 2. The van der Waals surface area contributed by atoms with Crippen LogP contribution in [0.25, 0.3) is 0 Å². The molecule has 1 aromatic heterocycles. The predicted molar refractivity (Wildman–Crippen MR) is 119 cm³/mol. The second-order valence-electron chi connectivity index (χ2n) is 6.74. The molecule has 0 amide bonds. The third-order valence-electron chi connectivity index (χ3n) is 4.39. The Kier molecular flexibility index (Phi) is 10.6. The maximum absolute atomic E-state index is 5.73. The van der Waals surface area contributed by atoms with Crippen molar-refractivity contribution in [3.05, 3.63) is 51.5 Å². The number of hydrogen-bond donors (Lipinski definition) is 2. The van der Waals surface area contributed by atoms with E-state index in [4.69, 9.17) is 4.74 Å². The summed E-state index contributed by atoms with van der Waals surface area (Å²) in [5.41, 5.74) is 2.48. The summed E-state index contributed by atoms with van der Waals surface area (Å²) in [6.45, 7) is 10.4. The first kappa shape index (κ1) is 22.4. The number of guanidine groups is 1. The van der Waals surface area contributed by atoms with Crippen molar-refractivity contribution < 1.29 is 4.74 Å². The SMILES string of the molecule is CCNC(=NCCCCOCCc1ccccc1)NCCc1nc(C)c(C)s1. The molecule has 0 fully saturated rings. The molecule has 0 spiro atoms. The highest BCUT2D eigenvalue weighted by Crippen LogP contribution is 2.16. The summed E-state index contributed by atoms with van der Waals surface area (Å²) < 4.78 is 5.73. The molecular formula is C22H34N4OS. The molecule has 0 saturated carbocycles. The molecule has 1 heterocycles. The normalized spacial score (nSPS) is 11.6. The Bertz CT molecular complexity index is 680. The van der Waals surface area contributed by atoms with E-state index in [1.165, 1.54) is 15.4 Å². The zero-order chi connectivity index (χ0) is 20.0. The lowest BCUT2D eigenvalue weighted by atomic mass is 10.2. The van der Waals surface area contributed by atoms with E-state index in [2.05, 4.69) is 65.6 Å². The molecular weight excluding hydrogens is 368 g/mol. The largest absolute Gasteiger partial charge is 0.381 e. The predicted octanol–water partition coefficient (Wildman–Crippen LogP) is 3.90. The fourth-order valence-electron chi connectivity index (χ4n) is 2.72. The molecule has 154 valence electrons. The van der Waals surface area contributed by atoms with Crippen molar-refractivity contribution in [3.63, 3.8) is 0 Å². The van der Waals surface area contributed by atoms with E-state index in [9.17, 15) is 0 Å². The van der Waals surface area contributed by atoms with Gasteiger partial charge in [0.1, 0.15) is 0 Å². The van der Waals surface area contributed by atoms with Crippen LogP contribution in [0.4, 0.5) is 0 Å². The Balaban J connectivity index is 1.55. The van der Waals surface area contributed by atoms with Crippen LogP contribution in [0.15, 0.2) is 35.3 Å². The Morgan fingerprint density at radius 2 is 1.89 bits per heavy atom. The summed E-state index contributed by atoms with van der Waals surface area (Å²) in [6, 6.07) is 10.5. The molecule has 0 aliphatic rings. The lowest BCUT2D eigenvalue weighted by Gasteiger charge is -2.10. The number of ether oxygens (including phenoxy) is 1. The molecule has 0 atom stereocenters. The molecule has 5 nitrogen and oxygen atoms in total. The number of benzene rings is 1. The third-order valence-corrected chi connectivity index (χ3v) is 5.53. The van der Waals surface area contributed by atoms with Crippen molar-refractivity contribution in [2.75, 3.05) is 32.8 Å². The van der Waals surface area contributed by atoms with E-state index in [1.54, 1.807) is 11.3 Å². The van der Waals surface area contributed by atoms with E-state index >= 15 is 0 Å². The summed E-state index contributed by atoms with van der Waals surface area (Å²) >= 11 is 1.78. The quantitative estimate of drug-likeness (QED) is 0.321. The summed E-state index contributed by atoms with van der Waals surface area (Å²) in [5.74, 6) is 0.887. The van der Waals surface area contributed by atoms with Gasteiger partial charge in [-0.2, -0.15) is 0 Å². The van der Waals surface area contributed by atoms with Crippen molar-refractivity contribution in [2.24, 2.45) is 4.99 Å². The summed E-state index contributed by atoms with van der Waals surface area (Å²) in [4.78, 5) is 10.5. The Hall–Kier alpha value is -1.92. The number of hydrogen-bond acceptors (Lipinski definition) is 4. The second-order valence-corrected chi connectivity index (χ2v) is 8.03. The second kappa shape index (κ2) is 13.3. The van der Waals surface area contributed by atoms with Crippen LogP contribution in [-0.4, -0.2) is 43.8 Å². The number of rotatable bonds is 12. The molecule has 0 unspecified atom stereocenters. The molecule has 2 N–H and O–H groups in total. The van der Waals surface area contributed by atoms with Crippen LogP contribution in [0.3, 0.4) is 0 Å². The van der Waals surface area contributed by atoms with Gasteiger partial charge in [0.05, 0.1) is 17.3 Å². The molecule has 0 bridgehead atoms. The minimum Gasteiger partial charge on any atom is -0.381 e. The first-order valence-corrected chi connectivity index (χ1v) is 11.1. The number of unbranched alkanes of at least 4 members (excludes halogenated alkanes) is 1. The number of nitrogens with one attached hydrogen (secondary N) is 2. The minimum absolute atomic E-state index is 0.785. The smallest absolute Gasteiger partial charge is 0.191 e. The molecule has 0 radical (unpaired) electrons. The van der Waals surface area contributed by atoms with E-state index in [-0.39, 0.29) is 0 Å². The van der Waals surface area contributed by atoms with Gasteiger partial charge in [0.15, 0.2) is 5.96 Å². The standard InChI is InChI=1S/C22H34N4OS/c1-4-23-22(25-15-12-21-26-18(2)19(3)28-21)24-14-8-9-16-27-17-13-20-10-6-5-7-11-20/h5-7,10-11H,4,8-9,12-17H2,1-3H3,(H2,23,24,25). The zero-order valence-electron chi connectivity index (χ0n) is 17.5. The van der Waals surface area contributed by atoms with Crippen LogP contribution in [0.5, 0.6) is 0 Å². The van der Waals surface area contributed by atoms with Crippen molar-refractivity contribution in [1.82, 2.24) is 15.6 Å². The molecule has 28 heavy (non-hydrogen) atoms. The summed E-state index contributed by atoms with van der Waals surface area (Å²) in [5, 5.41) is 7.89. The number of aromatic nitrogens is 1. The van der Waals surface area contributed by atoms with Crippen molar-refractivity contribution in [1.29, 1.82) is 0 Å². The van der Waals surface area contributed by atoms with Crippen molar-refractivity contribution in [2.45, 2.75) is 46.5 Å². The maximum Gasteiger partial charge on any atom is 0.191 e. The van der Waals surface area contributed by atoms with Crippen molar-refractivity contribution >= 4 is 17.3 Å². The van der Waals surface area contributed by atoms with Crippen LogP contribution in [-0.2, 0) is 17.6 Å². The van der Waals surface area contributed by atoms with E-state index in [0.717, 1.165) is 70.2 Å². The van der Waals surface area contributed by atoms with Crippen molar-refractivity contribution in [3.8, 4) is 0 Å². The minimum atomic E-state index is 0.785. The van der Waals surface area contributed by atoms with Gasteiger partial charge in [-0.15, -0.1) is 11.3 Å². The Morgan fingerprint density at radius 1 is 1.07 bits per heavy atom. The first-order valence-electron chi connectivity index (χ1n) is 10.3. The van der Waals surface area contributed by atoms with Crippen LogP contribution in [0.2, 0.25) is 0 Å². The van der Waals surface area contributed by atoms with Crippen LogP contribution in [0, 0.1) is 13.8 Å². The lowest BCUT2D eigenvalue weighted by molar-refractivity contribution is 0.134. The van der Waals surface area contributed by atoms with Gasteiger partial charge in [0.2, 0.25) is 0 Å². The average molecular weight is 403 g/mol. The van der Waals surface area contributed by atoms with Gasteiger partial charge >= 0.3 is 0 Å². The molecule has 0 aliphatic carbocycles. The highest BCUT2D eigenvalue weighted by atomic mass is 32.1. The Morgan fingerprint density at radius 3 is 2.61 bits per heavy atom. The highest BCUT2D eigenvalue weighted by molar-refractivity contribution is 7.11. The topological polar surface area (TPSA) is 58.5 Å². The third kappa shape index (κ3) is 8.85. The number of aliphatic imine (C=N–C) groups is 1. The van der Waals surface area contributed by atoms with Gasteiger partial charge in [0.25, 0.3) is 0 Å². The molecule has 0 saturated heterocycles. The average Bonchev–Trinajstić information content (AvgIpc) is 3.02. The maximum atomic E-state index is 5.73. The molecule has 0 aliphatic heterocycles. The number of nitrogens with zero attached hydrogens (tertiary/aromatic N) is 2. The van der Waals surface area contributed by atoms with Gasteiger partial charge in [-0.3, -0.25) is 4.99 Å². The van der Waals surface area contributed by atoms with Gasteiger partial charge in [-0.1, -0.05) is 30.3 Å². The van der Waals surface area contributed by atoms with Crippen LogP contribution in [0.1, 0.15) is 40.9 Å². The van der Waals surface area contributed by atoms with Gasteiger partial charge < -0.3 is 15.4 Å². The molecule has 2 aromatic rings. The van der Waals surface area contributed by atoms with Gasteiger partial charge in [-0.25, -0.2) is 4.98 Å². The van der Waals surface area contributed by atoms with Crippen LogP contribution >= 0.6 is 11.3 Å². The zero-order valence-corrected chi connectivity index (χ0v) is 18.3. The van der Waals surface area contributed by atoms with E-state index in [0.29, 0.717) is 0 Å². The summed E-state index contributed by atoms with van der Waals surface area (Å²) in [7, 11) is 0. The fraction of sp³-hybridized carbons (Fsp3) is 0.545. The van der Waals surface area contributed by atoms with E-state index in [1.807, 2.05) is 6.07 Å². The fourth-order valence-corrected chi connectivity index (χ4v) is 3.65. The highest BCUT2D eigenvalue weighted by Gasteiger charge is 2.04. The Labute approximate surface area is 173 Å². The summed E-state index contributed by atoms with van der Waals surface area (Å²) in [6.07, 6.45) is 3.98.